The van der Waals surface area contributed by atoms with Crippen molar-refractivity contribution in [2.45, 2.75) is 32.7 Å². The maximum atomic E-state index is 12.2. The second-order valence-corrected chi connectivity index (χ2v) is 8.47. The maximum Gasteiger partial charge on any atom is 0.232 e. The van der Waals surface area contributed by atoms with Crippen LogP contribution in [0.4, 0.5) is 5.69 Å². The van der Waals surface area contributed by atoms with Gasteiger partial charge in [-0.2, -0.15) is 0 Å². The molecule has 0 spiro atoms. The van der Waals surface area contributed by atoms with E-state index in [1.807, 2.05) is 44.2 Å². The second kappa shape index (κ2) is 10.1. The zero-order chi connectivity index (χ0) is 20.6. The molecule has 0 aliphatic carbocycles. The molecule has 0 unspecified atom stereocenters. The van der Waals surface area contributed by atoms with Crippen molar-refractivity contribution in [1.29, 1.82) is 0 Å². The van der Waals surface area contributed by atoms with Crippen LogP contribution < -0.4 is 14.4 Å². The van der Waals surface area contributed by atoms with Gasteiger partial charge in [-0.1, -0.05) is 30.3 Å². The molecule has 1 N–H and O–H groups in total. The summed E-state index contributed by atoms with van der Waals surface area (Å²) in [7, 11) is -3.45. The Morgan fingerprint density at radius 3 is 2.32 bits per heavy atom. The van der Waals surface area contributed by atoms with Gasteiger partial charge in [0.25, 0.3) is 0 Å². The summed E-state index contributed by atoms with van der Waals surface area (Å²) in [5.74, 6) is 0.588. The van der Waals surface area contributed by atoms with Crippen LogP contribution in [0.25, 0.3) is 0 Å². The molecule has 0 aromatic heterocycles. The lowest BCUT2D eigenvalue weighted by Crippen LogP contribution is -2.32. The van der Waals surface area contributed by atoms with Crippen LogP contribution in [-0.4, -0.2) is 33.7 Å². The van der Waals surface area contributed by atoms with E-state index in [0.29, 0.717) is 24.5 Å². The van der Waals surface area contributed by atoms with Crippen LogP contribution in [0.1, 0.15) is 38.3 Å². The average molecular weight is 405 g/mol. The topological polar surface area (TPSA) is 75.7 Å². The molecular formula is C21H28N2O4S. The average Bonchev–Trinajstić information content (AvgIpc) is 2.66. The van der Waals surface area contributed by atoms with Crippen molar-refractivity contribution in [1.82, 2.24) is 5.32 Å². The SMILES string of the molecule is CCOc1ccc(N(CCCC(=O)N[C@@H](C)c2ccccc2)S(C)(=O)=O)cc1. The lowest BCUT2D eigenvalue weighted by molar-refractivity contribution is -0.121. The fourth-order valence-corrected chi connectivity index (χ4v) is 3.85. The van der Waals surface area contributed by atoms with Gasteiger partial charge in [-0.15, -0.1) is 0 Å². The van der Waals surface area contributed by atoms with Crippen LogP contribution in [0, 0.1) is 0 Å². The van der Waals surface area contributed by atoms with Gasteiger partial charge in [-0.25, -0.2) is 8.42 Å². The molecule has 0 aliphatic rings. The number of ether oxygens (including phenoxy) is 1. The molecule has 28 heavy (non-hydrogen) atoms. The van der Waals surface area contributed by atoms with Gasteiger partial charge in [0.1, 0.15) is 5.75 Å². The third kappa shape index (κ3) is 6.56. The predicted octanol–water partition coefficient (Wildman–Crippen LogP) is 3.51. The first-order chi connectivity index (χ1) is 13.3. The Balaban J connectivity index is 1.92. The van der Waals surface area contributed by atoms with E-state index in [-0.39, 0.29) is 24.9 Å². The van der Waals surface area contributed by atoms with Gasteiger partial charge in [-0.05, 0) is 50.1 Å². The lowest BCUT2D eigenvalue weighted by atomic mass is 10.1. The zero-order valence-corrected chi connectivity index (χ0v) is 17.4. The van der Waals surface area contributed by atoms with E-state index in [0.717, 1.165) is 5.56 Å². The van der Waals surface area contributed by atoms with Crippen molar-refractivity contribution >= 4 is 21.6 Å². The zero-order valence-electron chi connectivity index (χ0n) is 16.6. The third-order valence-corrected chi connectivity index (χ3v) is 5.47. The van der Waals surface area contributed by atoms with Gasteiger partial charge in [0.2, 0.25) is 15.9 Å². The van der Waals surface area contributed by atoms with Gasteiger partial charge in [-0.3, -0.25) is 9.10 Å². The van der Waals surface area contributed by atoms with E-state index in [1.54, 1.807) is 24.3 Å². The number of amides is 1. The number of carbonyl (C=O) groups is 1. The summed E-state index contributed by atoms with van der Waals surface area (Å²) < 4.78 is 31.1. The smallest absolute Gasteiger partial charge is 0.232 e. The van der Waals surface area contributed by atoms with E-state index in [1.165, 1.54) is 10.6 Å². The highest BCUT2D eigenvalue weighted by molar-refractivity contribution is 7.92. The molecule has 0 bridgehead atoms. The van der Waals surface area contributed by atoms with Crippen molar-refractivity contribution in [2.75, 3.05) is 23.7 Å². The first-order valence-corrected chi connectivity index (χ1v) is 11.2. The van der Waals surface area contributed by atoms with Crippen LogP contribution in [0.5, 0.6) is 5.75 Å². The molecule has 7 heteroatoms. The Kier molecular flexibility index (Phi) is 7.87. The summed E-state index contributed by atoms with van der Waals surface area (Å²) in [6, 6.07) is 16.5. The number of hydrogen-bond donors (Lipinski definition) is 1. The molecule has 0 heterocycles. The Hall–Kier alpha value is -2.54. The number of nitrogens with one attached hydrogen (secondary N) is 1. The summed E-state index contributed by atoms with van der Waals surface area (Å²) >= 11 is 0. The Morgan fingerprint density at radius 2 is 1.75 bits per heavy atom. The highest BCUT2D eigenvalue weighted by Gasteiger charge is 2.18. The molecule has 0 saturated carbocycles. The maximum absolute atomic E-state index is 12.2. The molecule has 2 aromatic carbocycles. The van der Waals surface area contributed by atoms with E-state index < -0.39 is 10.0 Å². The van der Waals surface area contributed by atoms with Crippen molar-refractivity contribution < 1.29 is 17.9 Å². The fraction of sp³-hybridized carbons (Fsp3) is 0.381. The summed E-state index contributed by atoms with van der Waals surface area (Å²) in [4.78, 5) is 12.2. The normalized spacial score (nSPS) is 12.2. The molecule has 1 amide bonds. The van der Waals surface area contributed by atoms with E-state index >= 15 is 0 Å². The van der Waals surface area contributed by atoms with Crippen molar-refractivity contribution in [3.63, 3.8) is 0 Å². The monoisotopic (exact) mass is 404 g/mol. The molecule has 2 rings (SSSR count). The molecule has 0 saturated heterocycles. The number of carbonyl (C=O) groups excluding carboxylic acids is 1. The lowest BCUT2D eigenvalue weighted by Gasteiger charge is -2.23. The van der Waals surface area contributed by atoms with Gasteiger partial charge in [0.15, 0.2) is 0 Å². The molecule has 2 aromatic rings. The molecule has 0 radical (unpaired) electrons. The first-order valence-electron chi connectivity index (χ1n) is 9.36. The minimum atomic E-state index is -3.45. The van der Waals surface area contributed by atoms with Crippen LogP contribution in [-0.2, 0) is 14.8 Å². The molecule has 0 fully saturated rings. The van der Waals surface area contributed by atoms with Crippen molar-refractivity contribution in [3.05, 3.63) is 60.2 Å². The number of hydrogen-bond acceptors (Lipinski definition) is 4. The van der Waals surface area contributed by atoms with Gasteiger partial charge >= 0.3 is 0 Å². The number of nitrogens with zero attached hydrogens (tertiary/aromatic N) is 1. The highest BCUT2D eigenvalue weighted by Crippen LogP contribution is 2.22. The van der Waals surface area contributed by atoms with Crippen molar-refractivity contribution in [2.24, 2.45) is 0 Å². The minimum absolute atomic E-state index is 0.0918. The van der Waals surface area contributed by atoms with E-state index in [2.05, 4.69) is 5.32 Å². The number of sulfonamides is 1. The van der Waals surface area contributed by atoms with Crippen LogP contribution in [0.3, 0.4) is 0 Å². The van der Waals surface area contributed by atoms with Crippen LogP contribution in [0.15, 0.2) is 54.6 Å². The summed E-state index contributed by atoms with van der Waals surface area (Å²) in [6.45, 7) is 4.60. The van der Waals surface area contributed by atoms with E-state index in [9.17, 15) is 13.2 Å². The number of benzene rings is 2. The quantitative estimate of drug-likeness (QED) is 0.657. The van der Waals surface area contributed by atoms with Crippen LogP contribution >= 0.6 is 0 Å². The Morgan fingerprint density at radius 1 is 1.11 bits per heavy atom. The number of rotatable bonds is 10. The van der Waals surface area contributed by atoms with Crippen molar-refractivity contribution in [3.8, 4) is 5.75 Å². The molecule has 1 atom stereocenters. The van der Waals surface area contributed by atoms with Gasteiger partial charge in [0, 0.05) is 13.0 Å². The standard InChI is InChI=1S/C21H28N2O4S/c1-4-27-20-14-12-19(13-15-20)23(28(3,25)26)16-8-11-21(24)22-17(2)18-9-6-5-7-10-18/h5-7,9-10,12-15,17H,4,8,11,16H2,1-3H3,(H,22,24)/t17-/m0/s1. The van der Waals surface area contributed by atoms with Crippen LogP contribution in [0.2, 0.25) is 0 Å². The summed E-state index contributed by atoms with van der Waals surface area (Å²) in [5.41, 5.74) is 1.59. The first kappa shape index (κ1) is 21.8. The Labute approximate surface area is 167 Å². The second-order valence-electron chi connectivity index (χ2n) is 6.57. The third-order valence-electron chi connectivity index (χ3n) is 4.28. The molecular weight excluding hydrogens is 376 g/mol. The number of anilines is 1. The largest absolute Gasteiger partial charge is 0.494 e. The predicted molar refractivity (Wildman–Crippen MR) is 112 cm³/mol. The van der Waals surface area contributed by atoms with E-state index in [4.69, 9.17) is 4.74 Å². The van der Waals surface area contributed by atoms with Gasteiger partial charge in [0.05, 0.1) is 24.6 Å². The molecule has 0 aliphatic heterocycles. The Bertz CT molecular complexity index is 852. The molecule has 6 nitrogen and oxygen atoms in total. The summed E-state index contributed by atoms with van der Waals surface area (Å²) in [5, 5.41) is 2.95. The fourth-order valence-electron chi connectivity index (χ4n) is 2.88. The highest BCUT2D eigenvalue weighted by atomic mass is 32.2. The van der Waals surface area contributed by atoms with Gasteiger partial charge < -0.3 is 10.1 Å². The molecule has 152 valence electrons. The summed E-state index contributed by atoms with van der Waals surface area (Å²) in [6.07, 6.45) is 1.84. The minimum Gasteiger partial charge on any atom is -0.494 e.